The standard InChI is InChI=1S/C12H13FN2/c1-9-7-14-15(8-9)10(2)11-3-5-12(13)6-4-11/h3-8,10H,1-2H3/t10-/m0/s1. The van der Waals surface area contributed by atoms with E-state index in [0.29, 0.717) is 0 Å². The first-order valence-corrected chi connectivity index (χ1v) is 4.93. The van der Waals surface area contributed by atoms with Crippen LogP contribution in [0.2, 0.25) is 0 Å². The van der Waals surface area contributed by atoms with Crippen LogP contribution >= 0.6 is 0 Å². The second-order valence-electron chi connectivity index (χ2n) is 3.73. The minimum absolute atomic E-state index is 0.138. The largest absolute Gasteiger partial charge is 0.265 e. The molecule has 0 aliphatic heterocycles. The summed E-state index contributed by atoms with van der Waals surface area (Å²) in [5.41, 5.74) is 2.18. The van der Waals surface area contributed by atoms with Gasteiger partial charge >= 0.3 is 0 Å². The highest BCUT2D eigenvalue weighted by molar-refractivity contribution is 5.20. The minimum Gasteiger partial charge on any atom is -0.265 e. The van der Waals surface area contributed by atoms with Crippen LogP contribution in [-0.4, -0.2) is 9.78 Å². The monoisotopic (exact) mass is 204 g/mol. The summed E-state index contributed by atoms with van der Waals surface area (Å²) in [7, 11) is 0. The van der Waals surface area contributed by atoms with Crippen molar-refractivity contribution in [3.63, 3.8) is 0 Å². The summed E-state index contributed by atoms with van der Waals surface area (Å²) in [5.74, 6) is -0.206. The maximum absolute atomic E-state index is 12.7. The van der Waals surface area contributed by atoms with Crippen molar-refractivity contribution in [1.29, 1.82) is 0 Å². The van der Waals surface area contributed by atoms with Gasteiger partial charge in [-0.15, -0.1) is 0 Å². The number of nitrogens with zero attached hydrogens (tertiary/aromatic N) is 2. The summed E-state index contributed by atoms with van der Waals surface area (Å²) in [6, 6.07) is 6.66. The zero-order chi connectivity index (χ0) is 10.8. The van der Waals surface area contributed by atoms with Gasteiger partial charge in [-0.2, -0.15) is 5.10 Å². The molecule has 1 aromatic carbocycles. The van der Waals surface area contributed by atoms with Crippen molar-refractivity contribution in [2.24, 2.45) is 0 Å². The zero-order valence-electron chi connectivity index (χ0n) is 8.81. The van der Waals surface area contributed by atoms with Crippen LogP contribution in [0.3, 0.4) is 0 Å². The number of rotatable bonds is 2. The van der Waals surface area contributed by atoms with Gasteiger partial charge in [0.15, 0.2) is 0 Å². The fourth-order valence-corrected chi connectivity index (χ4v) is 1.54. The van der Waals surface area contributed by atoms with Gasteiger partial charge in [-0.3, -0.25) is 4.68 Å². The molecule has 0 aliphatic rings. The fourth-order valence-electron chi connectivity index (χ4n) is 1.54. The third-order valence-electron chi connectivity index (χ3n) is 2.48. The molecule has 0 spiro atoms. The van der Waals surface area contributed by atoms with Gasteiger partial charge in [0, 0.05) is 6.20 Å². The Morgan fingerprint density at radius 2 is 1.93 bits per heavy atom. The molecule has 0 amide bonds. The fraction of sp³-hybridized carbons (Fsp3) is 0.250. The number of halogens is 1. The third kappa shape index (κ3) is 2.06. The van der Waals surface area contributed by atoms with Gasteiger partial charge in [-0.1, -0.05) is 12.1 Å². The van der Waals surface area contributed by atoms with E-state index in [0.717, 1.165) is 11.1 Å². The van der Waals surface area contributed by atoms with Crippen LogP contribution in [0.15, 0.2) is 36.7 Å². The number of hydrogen-bond acceptors (Lipinski definition) is 1. The van der Waals surface area contributed by atoms with Gasteiger partial charge in [0.1, 0.15) is 5.82 Å². The lowest BCUT2D eigenvalue weighted by molar-refractivity contribution is 0.561. The summed E-state index contributed by atoms with van der Waals surface area (Å²) in [5, 5.41) is 4.24. The Balaban J connectivity index is 2.28. The van der Waals surface area contributed by atoms with Crippen molar-refractivity contribution in [3.05, 3.63) is 53.6 Å². The predicted octanol–water partition coefficient (Wildman–Crippen LogP) is 2.94. The molecule has 1 aromatic heterocycles. The average molecular weight is 204 g/mol. The lowest BCUT2D eigenvalue weighted by Gasteiger charge is -2.12. The number of aromatic nitrogens is 2. The Hall–Kier alpha value is -1.64. The molecule has 0 N–H and O–H groups in total. The minimum atomic E-state index is -0.206. The van der Waals surface area contributed by atoms with Crippen molar-refractivity contribution < 1.29 is 4.39 Å². The van der Waals surface area contributed by atoms with Gasteiger partial charge in [-0.25, -0.2) is 4.39 Å². The molecule has 0 bridgehead atoms. The molecule has 2 aromatic rings. The Kier molecular flexibility index (Phi) is 2.54. The second kappa shape index (κ2) is 3.85. The Morgan fingerprint density at radius 1 is 1.27 bits per heavy atom. The molecule has 1 atom stereocenters. The van der Waals surface area contributed by atoms with E-state index in [2.05, 4.69) is 5.10 Å². The van der Waals surface area contributed by atoms with Crippen LogP contribution in [0.5, 0.6) is 0 Å². The first-order chi connectivity index (χ1) is 7.16. The molecule has 2 nitrogen and oxygen atoms in total. The first kappa shape index (κ1) is 9.90. The number of hydrogen-bond donors (Lipinski definition) is 0. The topological polar surface area (TPSA) is 17.8 Å². The highest BCUT2D eigenvalue weighted by atomic mass is 19.1. The van der Waals surface area contributed by atoms with Crippen LogP contribution in [0.4, 0.5) is 4.39 Å². The highest BCUT2D eigenvalue weighted by Crippen LogP contribution is 2.17. The molecule has 0 aliphatic carbocycles. The Bertz CT molecular complexity index is 445. The molecule has 2 rings (SSSR count). The van der Waals surface area contributed by atoms with Gasteiger partial charge in [0.25, 0.3) is 0 Å². The molecule has 15 heavy (non-hydrogen) atoms. The Morgan fingerprint density at radius 3 is 2.47 bits per heavy atom. The Labute approximate surface area is 88.4 Å². The van der Waals surface area contributed by atoms with Crippen LogP contribution in [0.1, 0.15) is 24.1 Å². The quantitative estimate of drug-likeness (QED) is 0.735. The zero-order valence-corrected chi connectivity index (χ0v) is 8.81. The number of aryl methyl sites for hydroxylation is 1. The van der Waals surface area contributed by atoms with Crippen molar-refractivity contribution in [2.75, 3.05) is 0 Å². The van der Waals surface area contributed by atoms with E-state index < -0.39 is 0 Å². The maximum atomic E-state index is 12.7. The molecule has 0 saturated heterocycles. The van der Waals surface area contributed by atoms with Crippen LogP contribution < -0.4 is 0 Å². The normalized spacial score (nSPS) is 12.7. The van der Waals surface area contributed by atoms with Crippen molar-refractivity contribution in [1.82, 2.24) is 9.78 Å². The maximum Gasteiger partial charge on any atom is 0.123 e. The van der Waals surface area contributed by atoms with E-state index in [1.165, 1.54) is 12.1 Å². The summed E-state index contributed by atoms with van der Waals surface area (Å²) >= 11 is 0. The van der Waals surface area contributed by atoms with Crippen molar-refractivity contribution >= 4 is 0 Å². The molecule has 78 valence electrons. The summed E-state index contributed by atoms with van der Waals surface area (Å²) < 4.78 is 14.6. The molecular formula is C12H13FN2. The van der Waals surface area contributed by atoms with Gasteiger partial charge in [-0.05, 0) is 37.1 Å². The molecule has 1 heterocycles. The van der Waals surface area contributed by atoms with E-state index in [9.17, 15) is 4.39 Å². The summed E-state index contributed by atoms with van der Waals surface area (Å²) in [6.45, 7) is 4.04. The first-order valence-electron chi connectivity index (χ1n) is 4.93. The van der Waals surface area contributed by atoms with E-state index in [4.69, 9.17) is 0 Å². The lowest BCUT2D eigenvalue weighted by Crippen LogP contribution is -2.06. The van der Waals surface area contributed by atoms with E-state index in [-0.39, 0.29) is 11.9 Å². The SMILES string of the molecule is Cc1cnn([C@@H](C)c2ccc(F)cc2)c1. The van der Waals surface area contributed by atoms with Crippen LogP contribution in [0.25, 0.3) is 0 Å². The van der Waals surface area contributed by atoms with E-state index >= 15 is 0 Å². The van der Waals surface area contributed by atoms with Crippen molar-refractivity contribution in [2.45, 2.75) is 19.9 Å². The van der Waals surface area contributed by atoms with Gasteiger partial charge in [0.2, 0.25) is 0 Å². The summed E-state index contributed by atoms with van der Waals surface area (Å²) in [6.07, 6.45) is 3.80. The molecule has 0 radical (unpaired) electrons. The molecule has 3 heteroatoms. The highest BCUT2D eigenvalue weighted by Gasteiger charge is 2.07. The molecule has 0 saturated carbocycles. The molecule has 0 fully saturated rings. The van der Waals surface area contributed by atoms with E-state index in [1.807, 2.05) is 30.9 Å². The van der Waals surface area contributed by atoms with Crippen LogP contribution in [0, 0.1) is 12.7 Å². The average Bonchev–Trinajstić information content (AvgIpc) is 2.65. The smallest absolute Gasteiger partial charge is 0.123 e. The lowest BCUT2D eigenvalue weighted by atomic mass is 10.1. The molecular weight excluding hydrogens is 191 g/mol. The van der Waals surface area contributed by atoms with Crippen molar-refractivity contribution in [3.8, 4) is 0 Å². The van der Waals surface area contributed by atoms with Crippen LogP contribution in [-0.2, 0) is 0 Å². The van der Waals surface area contributed by atoms with Gasteiger partial charge in [0.05, 0.1) is 12.2 Å². The second-order valence-corrected chi connectivity index (χ2v) is 3.73. The third-order valence-corrected chi connectivity index (χ3v) is 2.48. The summed E-state index contributed by atoms with van der Waals surface area (Å²) in [4.78, 5) is 0. The predicted molar refractivity (Wildman–Crippen MR) is 57.2 cm³/mol. The number of benzene rings is 1. The van der Waals surface area contributed by atoms with E-state index in [1.54, 1.807) is 12.1 Å². The molecule has 0 unspecified atom stereocenters. The van der Waals surface area contributed by atoms with Gasteiger partial charge < -0.3 is 0 Å².